The van der Waals surface area contributed by atoms with E-state index in [9.17, 15) is 14.7 Å². The molecule has 0 fully saturated rings. The summed E-state index contributed by atoms with van der Waals surface area (Å²) in [4.78, 5) is 21.7. The lowest BCUT2D eigenvalue weighted by molar-refractivity contribution is -0.137. The van der Waals surface area contributed by atoms with Crippen LogP contribution in [0.15, 0.2) is 0 Å². The van der Waals surface area contributed by atoms with E-state index in [4.69, 9.17) is 5.11 Å². The average molecular weight is 274 g/mol. The maximum atomic E-state index is 11.4. The normalized spacial score (nSPS) is 13.9. The maximum Gasteiger partial charge on any atom is 0.314 e. The Kier molecular flexibility index (Phi) is 8.14. The smallest absolute Gasteiger partial charge is 0.314 e. The van der Waals surface area contributed by atoms with Crippen molar-refractivity contribution in [2.24, 2.45) is 5.92 Å². The van der Waals surface area contributed by atoms with Crippen LogP contribution in [-0.4, -0.2) is 40.9 Å². The van der Waals surface area contributed by atoms with Gasteiger partial charge in [-0.1, -0.05) is 13.8 Å². The van der Waals surface area contributed by atoms with Crippen molar-refractivity contribution in [3.8, 4) is 0 Å². The zero-order chi connectivity index (χ0) is 14.9. The molecule has 1 unspecified atom stereocenters. The minimum absolute atomic E-state index is 0.0341. The van der Waals surface area contributed by atoms with Crippen LogP contribution in [0.25, 0.3) is 0 Å². The Bertz CT molecular complexity index is 290. The van der Waals surface area contributed by atoms with Gasteiger partial charge < -0.3 is 20.8 Å². The van der Waals surface area contributed by atoms with E-state index < -0.39 is 11.6 Å². The topological polar surface area (TPSA) is 98.7 Å². The monoisotopic (exact) mass is 274 g/mol. The third kappa shape index (κ3) is 11.5. The summed E-state index contributed by atoms with van der Waals surface area (Å²) in [5, 5.41) is 23.6. The van der Waals surface area contributed by atoms with Gasteiger partial charge in [0.15, 0.2) is 0 Å². The fourth-order valence-corrected chi connectivity index (χ4v) is 1.46. The number of amides is 2. The summed E-state index contributed by atoms with van der Waals surface area (Å²) < 4.78 is 0. The lowest BCUT2D eigenvalue weighted by Crippen LogP contribution is -2.45. The highest BCUT2D eigenvalue weighted by molar-refractivity contribution is 5.74. The van der Waals surface area contributed by atoms with Gasteiger partial charge in [-0.15, -0.1) is 0 Å². The summed E-state index contributed by atoms with van der Waals surface area (Å²) >= 11 is 0. The molecule has 112 valence electrons. The SMILES string of the molecule is CC(C)CCC(C)(O)CNC(=O)NCCCC(=O)O. The number of carboxylic acid groups (broad SMARTS) is 1. The molecule has 2 amide bonds. The van der Waals surface area contributed by atoms with Gasteiger partial charge in [0.2, 0.25) is 0 Å². The summed E-state index contributed by atoms with van der Waals surface area (Å²) in [5.41, 5.74) is -0.914. The van der Waals surface area contributed by atoms with Crippen molar-refractivity contribution in [1.82, 2.24) is 10.6 Å². The Morgan fingerprint density at radius 3 is 2.42 bits per heavy atom. The predicted molar refractivity (Wildman–Crippen MR) is 73.0 cm³/mol. The molecule has 0 aliphatic rings. The van der Waals surface area contributed by atoms with Crippen LogP contribution in [0.3, 0.4) is 0 Å². The average Bonchev–Trinajstić information content (AvgIpc) is 2.30. The van der Waals surface area contributed by atoms with Gasteiger partial charge in [0.25, 0.3) is 0 Å². The van der Waals surface area contributed by atoms with Crippen LogP contribution in [0, 0.1) is 5.92 Å². The second-order valence-electron chi connectivity index (χ2n) is 5.54. The van der Waals surface area contributed by atoms with Crippen molar-refractivity contribution < 1.29 is 19.8 Å². The standard InChI is InChI=1S/C13H26N2O4/c1-10(2)6-7-13(3,19)9-15-12(18)14-8-4-5-11(16)17/h10,19H,4-9H2,1-3H3,(H,16,17)(H2,14,15,18). The molecule has 1 atom stereocenters. The Hall–Kier alpha value is -1.30. The Balaban J connectivity index is 3.73. The number of aliphatic hydroxyl groups is 1. The molecule has 0 saturated carbocycles. The molecule has 0 aromatic carbocycles. The Morgan fingerprint density at radius 2 is 1.89 bits per heavy atom. The summed E-state index contributed by atoms with van der Waals surface area (Å²) in [7, 11) is 0. The van der Waals surface area contributed by atoms with Crippen molar-refractivity contribution in [2.45, 2.75) is 52.1 Å². The fraction of sp³-hybridized carbons (Fsp3) is 0.846. The molecule has 4 N–H and O–H groups in total. The molecule has 19 heavy (non-hydrogen) atoms. The molecule has 0 aromatic heterocycles. The largest absolute Gasteiger partial charge is 0.481 e. The number of urea groups is 1. The maximum absolute atomic E-state index is 11.4. The lowest BCUT2D eigenvalue weighted by Gasteiger charge is -2.24. The van der Waals surface area contributed by atoms with E-state index in [-0.39, 0.29) is 19.0 Å². The van der Waals surface area contributed by atoms with Gasteiger partial charge in [-0.2, -0.15) is 0 Å². The summed E-state index contributed by atoms with van der Waals surface area (Å²) in [6, 6.07) is -0.379. The van der Waals surface area contributed by atoms with Crippen LogP contribution in [0.4, 0.5) is 4.79 Å². The van der Waals surface area contributed by atoms with Gasteiger partial charge >= 0.3 is 12.0 Å². The van der Waals surface area contributed by atoms with E-state index in [0.29, 0.717) is 25.3 Å². The van der Waals surface area contributed by atoms with E-state index in [1.807, 2.05) is 0 Å². The Morgan fingerprint density at radius 1 is 1.26 bits per heavy atom. The highest BCUT2D eigenvalue weighted by Gasteiger charge is 2.21. The number of carbonyl (C=O) groups is 2. The van der Waals surface area contributed by atoms with E-state index in [0.717, 1.165) is 6.42 Å². The van der Waals surface area contributed by atoms with Crippen molar-refractivity contribution >= 4 is 12.0 Å². The zero-order valence-corrected chi connectivity index (χ0v) is 12.0. The molecule has 0 aliphatic carbocycles. The van der Waals surface area contributed by atoms with Gasteiger partial charge in [-0.3, -0.25) is 4.79 Å². The molecule has 0 radical (unpaired) electrons. The van der Waals surface area contributed by atoms with Gasteiger partial charge in [-0.25, -0.2) is 4.79 Å². The number of hydrogen-bond acceptors (Lipinski definition) is 3. The molecular formula is C13H26N2O4. The first-order valence-electron chi connectivity index (χ1n) is 6.69. The minimum Gasteiger partial charge on any atom is -0.481 e. The molecule has 0 bridgehead atoms. The molecule has 0 rings (SSSR count). The predicted octanol–water partition coefficient (Wildman–Crippen LogP) is 1.34. The number of nitrogens with one attached hydrogen (secondary N) is 2. The van der Waals surface area contributed by atoms with Crippen LogP contribution in [0.5, 0.6) is 0 Å². The highest BCUT2D eigenvalue weighted by atomic mass is 16.4. The number of carboxylic acids is 1. The minimum atomic E-state index is -0.914. The lowest BCUT2D eigenvalue weighted by atomic mass is 9.95. The summed E-state index contributed by atoms with van der Waals surface area (Å²) in [5.74, 6) is -0.366. The van der Waals surface area contributed by atoms with Crippen LogP contribution in [-0.2, 0) is 4.79 Å². The molecule has 0 heterocycles. The van der Waals surface area contributed by atoms with Crippen molar-refractivity contribution in [2.75, 3.05) is 13.1 Å². The first-order chi connectivity index (χ1) is 8.73. The van der Waals surface area contributed by atoms with E-state index in [1.54, 1.807) is 6.92 Å². The van der Waals surface area contributed by atoms with E-state index >= 15 is 0 Å². The quantitative estimate of drug-likeness (QED) is 0.477. The Labute approximate surface area is 114 Å². The number of hydrogen-bond donors (Lipinski definition) is 4. The van der Waals surface area contributed by atoms with E-state index in [1.165, 1.54) is 0 Å². The second-order valence-corrected chi connectivity index (χ2v) is 5.54. The molecule has 0 saturated heterocycles. The van der Waals surface area contributed by atoms with Gasteiger partial charge in [0.1, 0.15) is 0 Å². The third-order valence-electron chi connectivity index (χ3n) is 2.74. The summed E-state index contributed by atoms with van der Waals surface area (Å²) in [6.07, 6.45) is 1.96. The van der Waals surface area contributed by atoms with Crippen LogP contribution in [0.2, 0.25) is 0 Å². The van der Waals surface area contributed by atoms with E-state index in [2.05, 4.69) is 24.5 Å². The molecular weight excluding hydrogens is 248 g/mol. The summed E-state index contributed by atoms with van der Waals surface area (Å²) in [6.45, 7) is 6.36. The highest BCUT2D eigenvalue weighted by Crippen LogP contribution is 2.15. The van der Waals surface area contributed by atoms with Gasteiger partial charge in [0.05, 0.1) is 5.60 Å². The second kappa shape index (κ2) is 8.74. The van der Waals surface area contributed by atoms with Gasteiger partial charge in [-0.05, 0) is 32.1 Å². The molecule has 6 nitrogen and oxygen atoms in total. The first kappa shape index (κ1) is 17.7. The molecule has 0 aliphatic heterocycles. The molecule has 0 spiro atoms. The number of rotatable bonds is 9. The fourth-order valence-electron chi connectivity index (χ4n) is 1.46. The zero-order valence-electron chi connectivity index (χ0n) is 12.0. The van der Waals surface area contributed by atoms with Crippen LogP contribution < -0.4 is 10.6 Å². The van der Waals surface area contributed by atoms with Crippen molar-refractivity contribution in [1.29, 1.82) is 0 Å². The number of aliphatic carboxylic acids is 1. The van der Waals surface area contributed by atoms with Gasteiger partial charge in [0, 0.05) is 19.5 Å². The molecule has 0 aromatic rings. The first-order valence-corrected chi connectivity index (χ1v) is 6.69. The molecule has 6 heteroatoms. The van der Waals surface area contributed by atoms with Crippen LogP contribution in [0.1, 0.15) is 46.5 Å². The van der Waals surface area contributed by atoms with Crippen LogP contribution >= 0.6 is 0 Å². The third-order valence-corrected chi connectivity index (χ3v) is 2.74. The number of carbonyl (C=O) groups excluding carboxylic acids is 1. The van der Waals surface area contributed by atoms with Crippen molar-refractivity contribution in [3.05, 3.63) is 0 Å². The van der Waals surface area contributed by atoms with Crippen molar-refractivity contribution in [3.63, 3.8) is 0 Å².